The molecule has 3 rings (SSSR count). The fourth-order valence-corrected chi connectivity index (χ4v) is 3.71. The van der Waals surface area contributed by atoms with E-state index in [0.29, 0.717) is 18.7 Å². The Morgan fingerprint density at radius 3 is 2.37 bits per heavy atom. The number of benzene rings is 1. The monoisotopic (exact) mass is 417 g/mol. The van der Waals surface area contributed by atoms with E-state index in [4.69, 9.17) is 9.47 Å². The minimum absolute atomic E-state index is 0.0984. The lowest BCUT2D eigenvalue weighted by molar-refractivity contribution is -0.158. The van der Waals surface area contributed by atoms with Gasteiger partial charge in [0.1, 0.15) is 12.1 Å². The highest BCUT2D eigenvalue weighted by molar-refractivity contribution is 6.08. The molecule has 0 spiro atoms. The summed E-state index contributed by atoms with van der Waals surface area (Å²) in [6.07, 6.45) is -0.197. The van der Waals surface area contributed by atoms with Gasteiger partial charge in [0.2, 0.25) is 0 Å². The number of ether oxygens (including phenoxy) is 2. The van der Waals surface area contributed by atoms with E-state index in [2.05, 4.69) is 5.32 Å². The Kier molecular flexibility index (Phi) is 6.12. The third-order valence-electron chi connectivity index (χ3n) is 5.32. The summed E-state index contributed by atoms with van der Waals surface area (Å²) in [4.78, 5) is 52.1. The topological polar surface area (TPSA) is 105 Å². The fraction of sp³-hybridized carbons (Fsp3) is 0.524. The lowest BCUT2D eigenvalue weighted by Crippen LogP contribution is -2.49. The Hall–Kier alpha value is -2.94. The van der Waals surface area contributed by atoms with Crippen LogP contribution in [-0.4, -0.2) is 72.1 Å². The highest BCUT2D eigenvalue weighted by atomic mass is 16.5. The average Bonchev–Trinajstić information content (AvgIpc) is 2.89. The van der Waals surface area contributed by atoms with E-state index in [0.717, 1.165) is 10.5 Å². The number of aryl methyl sites for hydroxylation is 1. The Bertz CT molecular complexity index is 845. The zero-order valence-electron chi connectivity index (χ0n) is 17.6. The molecule has 0 saturated carbocycles. The van der Waals surface area contributed by atoms with E-state index in [1.165, 1.54) is 0 Å². The molecule has 1 aromatic carbocycles. The van der Waals surface area contributed by atoms with Gasteiger partial charge in [-0.1, -0.05) is 29.8 Å². The Morgan fingerprint density at radius 2 is 1.77 bits per heavy atom. The molecule has 2 fully saturated rings. The first-order valence-electron chi connectivity index (χ1n) is 9.90. The van der Waals surface area contributed by atoms with Crippen LogP contribution >= 0.6 is 0 Å². The molecule has 1 N–H and O–H groups in total. The Labute approximate surface area is 175 Å². The molecule has 1 aromatic rings. The number of esters is 1. The molecule has 9 heteroatoms. The quantitative estimate of drug-likeness (QED) is 0.565. The second kappa shape index (κ2) is 8.43. The number of amides is 4. The molecular formula is C21H27N3O6. The number of carbonyl (C=O) groups excluding carboxylic acids is 4. The third kappa shape index (κ3) is 4.46. The summed E-state index contributed by atoms with van der Waals surface area (Å²) >= 11 is 0. The van der Waals surface area contributed by atoms with Gasteiger partial charge >= 0.3 is 12.0 Å². The molecule has 0 aliphatic carbocycles. The number of carbonyl (C=O) groups is 4. The van der Waals surface area contributed by atoms with Crippen LogP contribution in [0.4, 0.5) is 4.79 Å². The van der Waals surface area contributed by atoms with Crippen LogP contribution in [0.5, 0.6) is 0 Å². The van der Waals surface area contributed by atoms with Gasteiger partial charge in [0, 0.05) is 13.1 Å². The summed E-state index contributed by atoms with van der Waals surface area (Å²) in [7, 11) is 0. The second-order valence-corrected chi connectivity index (χ2v) is 8.03. The first-order chi connectivity index (χ1) is 14.1. The van der Waals surface area contributed by atoms with Crippen LogP contribution in [0.2, 0.25) is 0 Å². The Morgan fingerprint density at radius 1 is 1.17 bits per heavy atom. The molecule has 0 unspecified atom stereocenters. The summed E-state index contributed by atoms with van der Waals surface area (Å²) in [5, 5.41) is 2.64. The summed E-state index contributed by atoms with van der Waals surface area (Å²) in [6.45, 7) is 7.07. The maximum absolute atomic E-state index is 12.9. The summed E-state index contributed by atoms with van der Waals surface area (Å²) in [5.74, 6) is -1.71. The number of urea groups is 1. The van der Waals surface area contributed by atoms with E-state index < -0.39 is 36.6 Å². The van der Waals surface area contributed by atoms with Crippen molar-refractivity contribution in [2.24, 2.45) is 0 Å². The predicted molar refractivity (Wildman–Crippen MR) is 106 cm³/mol. The normalized spacial score (nSPS) is 26.5. The van der Waals surface area contributed by atoms with Crippen molar-refractivity contribution in [1.29, 1.82) is 0 Å². The van der Waals surface area contributed by atoms with Gasteiger partial charge in [0.05, 0.1) is 12.2 Å². The van der Waals surface area contributed by atoms with Crippen molar-refractivity contribution in [3.05, 3.63) is 35.4 Å². The molecule has 162 valence electrons. The van der Waals surface area contributed by atoms with Crippen LogP contribution in [0.15, 0.2) is 24.3 Å². The number of imide groups is 1. The van der Waals surface area contributed by atoms with Crippen LogP contribution in [0, 0.1) is 6.92 Å². The van der Waals surface area contributed by atoms with Crippen LogP contribution in [0.3, 0.4) is 0 Å². The van der Waals surface area contributed by atoms with Crippen molar-refractivity contribution < 1.29 is 28.7 Å². The molecule has 2 aliphatic rings. The SMILES string of the molecule is Cc1ccc([C@]2(C)NC(=O)N(CC(=O)OCC(=O)N3C[C@@H](C)O[C@H](C)C3)C2=O)cc1. The molecule has 2 saturated heterocycles. The van der Waals surface area contributed by atoms with Crippen molar-refractivity contribution in [2.45, 2.75) is 45.4 Å². The number of hydrogen-bond acceptors (Lipinski definition) is 6. The van der Waals surface area contributed by atoms with Gasteiger partial charge < -0.3 is 19.7 Å². The summed E-state index contributed by atoms with van der Waals surface area (Å²) in [6, 6.07) is 6.53. The van der Waals surface area contributed by atoms with Gasteiger partial charge in [-0.15, -0.1) is 0 Å². The third-order valence-corrected chi connectivity index (χ3v) is 5.32. The van der Waals surface area contributed by atoms with Gasteiger partial charge in [-0.3, -0.25) is 19.3 Å². The van der Waals surface area contributed by atoms with Crippen molar-refractivity contribution >= 4 is 23.8 Å². The van der Waals surface area contributed by atoms with Gasteiger partial charge in [0.25, 0.3) is 11.8 Å². The van der Waals surface area contributed by atoms with E-state index in [9.17, 15) is 19.2 Å². The largest absolute Gasteiger partial charge is 0.454 e. The number of morpholine rings is 1. The van der Waals surface area contributed by atoms with Crippen molar-refractivity contribution in [3.8, 4) is 0 Å². The van der Waals surface area contributed by atoms with Gasteiger partial charge in [0.15, 0.2) is 6.61 Å². The van der Waals surface area contributed by atoms with E-state index in [-0.39, 0.29) is 18.1 Å². The van der Waals surface area contributed by atoms with Crippen LogP contribution < -0.4 is 5.32 Å². The highest BCUT2D eigenvalue weighted by Crippen LogP contribution is 2.28. The summed E-state index contributed by atoms with van der Waals surface area (Å²) in [5.41, 5.74) is 0.377. The van der Waals surface area contributed by atoms with Crippen LogP contribution in [0.25, 0.3) is 0 Å². The van der Waals surface area contributed by atoms with E-state index in [1.807, 2.05) is 32.9 Å². The van der Waals surface area contributed by atoms with Crippen LogP contribution in [0.1, 0.15) is 31.9 Å². The molecule has 30 heavy (non-hydrogen) atoms. The smallest absolute Gasteiger partial charge is 0.326 e. The highest BCUT2D eigenvalue weighted by Gasteiger charge is 2.49. The number of hydrogen-bond donors (Lipinski definition) is 1. The average molecular weight is 417 g/mol. The molecular weight excluding hydrogens is 390 g/mol. The van der Waals surface area contributed by atoms with E-state index in [1.54, 1.807) is 24.0 Å². The Balaban J connectivity index is 1.57. The lowest BCUT2D eigenvalue weighted by atomic mass is 9.91. The zero-order chi connectivity index (χ0) is 22.1. The van der Waals surface area contributed by atoms with Gasteiger partial charge in [-0.2, -0.15) is 0 Å². The summed E-state index contributed by atoms with van der Waals surface area (Å²) < 4.78 is 10.6. The molecule has 2 heterocycles. The number of nitrogens with zero attached hydrogens (tertiary/aromatic N) is 2. The molecule has 4 amide bonds. The van der Waals surface area contributed by atoms with Crippen LogP contribution in [-0.2, 0) is 29.4 Å². The standard InChI is InChI=1S/C21H27N3O6/c1-13-5-7-16(8-6-13)21(4)19(27)24(20(28)22-21)11-18(26)29-12-17(25)23-9-14(2)30-15(3)10-23/h5-8,14-15H,9-12H2,1-4H3,(H,22,28)/t14-,15-,21+/m1/s1. The number of nitrogens with one attached hydrogen (secondary N) is 1. The van der Waals surface area contributed by atoms with Crippen molar-refractivity contribution in [2.75, 3.05) is 26.2 Å². The maximum Gasteiger partial charge on any atom is 0.326 e. The van der Waals surface area contributed by atoms with Gasteiger partial charge in [-0.25, -0.2) is 4.79 Å². The molecule has 3 atom stereocenters. The molecule has 9 nitrogen and oxygen atoms in total. The maximum atomic E-state index is 12.9. The first-order valence-corrected chi connectivity index (χ1v) is 9.90. The molecule has 0 bridgehead atoms. The second-order valence-electron chi connectivity index (χ2n) is 8.03. The molecule has 0 radical (unpaired) electrons. The molecule has 0 aromatic heterocycles. The molecule has 2 aliphatic heterocycles. The minimum atomic E-state index is -1.26. The zero-order valence-corrected chi connectivity index (χ0v) is 17.6. The van der Waals surface area contributed by atoms with Crippen molar-refractivity contribution in [1.82, 2.24) is 15.1 Å². The van der Waals surface area contributed by atoms with Crippen molar-refractivity contribution in [3.63, 3.8) is 0 Å². The fourth-order valence-electron chi connectivity index (χ4n) is 3.71. The van der Waals surface area contributed by atoms with Gasteiger partial charge in [-0.05, 0) is 33.3 Å². The first kappa shape index (κ1) is 21.8. The minimum Gasteiger partial charge on any atom is -0.454 e. The van der Waals surface area contributed by atoms with E-state index >= 15 is 0 Å². The lowest BCUT2D eigenvalue weighted by Gasteiger charge is -2.35. The number of rotatable bonds is 5. The predicted octanol–water partition coefficient (Wildman–Crippen LogP) is 0.941.